The molecule has 1 saturated heterocycles. The predicted molar refractivity (Wildman–Crippen MR) is 77.6 cm³/mol. The molecule has 4 N–H and O–H groups in total. The fraction of sp³-hybridized carbons (Fsp3) is 0.786. The molecule has 7 heteroatoms. The zero-order valence-corrected chi connectivity index (χ0v) is 12.9. The standard InChI is InChI=1S/C14H25N3O4/c1-4-14(11(19)20)5-7-17(8-6-14)12(21)16-13(2,3)9-10(15)18/h4-9H2,1-3H3,(H2,15,18)(H,16,21)(H,19,20). The number of carbonyl (C=O) groups excluding carboxylic acids is 2. The molecule has 0 unspecified atom stereocenters. The normalized spacial score (nSPS) is 18.1. The quantitative estimate of drug-likeness (QED) is 0.700. The van der Waals surface area contributed by atoms with Crippen LogP contribution in [-0.2, 0) is 9.59 Å². The van der Waals surface area contributed by atoms with Crippen molar-refractivity contribution in [3.05, 3.63) is 0 Å². The molecule has 0 aromatic rings. The molecular formula is C14H25N3O4. The van der Waals surface area contributed by atoms with Crippen LogP contribution in [0.1, 0.15) is 46.5 Å². The Hall–Kier alpha value is -1.79. The molecule has 0 saturated carbocycles. The summed E-state index contributed by atoms with van der Waals surface area (Å²) in [5.74, 6) is -1.27. The van der Waals surface area contributed by atoms with Crippen molar-refractivity contribution in [3.8, 4) is 0 Å². The van der Waals surface area contributed by atoms with Crippen molar-refractivity contribution in [1.29, 1.82) is 0 Å². The number of rotatable bonds is 5. The van der Waals surface area contributed by atoms with Crippen LogP contribution >= 0.6 is 0 Å². The van der Waals surface area contributed by atoms with Crippen molar-refractivity contribution in [2.75, 3.05) is 13.1 Å². The second kappa shape index (κ2) is 6.32. The molecule has 1 rings (SSSR count). The summed E-state index contributed by atoms with van der Waals surface area (Å²) in [7, 11) is 0. The Balaban J connectivity index is 2.60. The Bertz CT molecular complexity index is 426. The molecule has 21 heavy (non-hydrogen) atoms. The van der Waals surface area contributed by atoms with Crippen LogP contribution in [0.5, 0.6) is 0 Å². The van der Waals surface area contributed by atoms with E-state index < -0.39 is 22.8 Å². The van der Waals surface area contributed by atoms with Gasteiger partial charge < -0.3 is 21.1 Å². The van der Waals surface area contributed by atoms with E-state index in [2.05, 4.69) is 5.32 Å². The van der Waals surface area contributed by atoms with Gasteiger partial charge >= 0.3 is 12.0 Å². The number of likely N-dealkylation sites (tertiary alicyclic amines) is 1. The lowest BCUT2D eigenvalue weighted by molar-refractivity contribution is -0.152. The zero-order valence-electron chi connectivity index (χ0n) is 12.9. The van der Waals surface area contributed by atoms with Crippen LogP contribution < -0.4 is 11.1 Å². The van der Waals surface area contributed by atoms with Gasteiger partial charge in [-0.25, -0.2) is 4.79 Å². The van der Waals surface area contributed by atoms with Crippen LogP contribution in [0.2, 0.25) is 0 Å². The average Bonchev–Trinajstić information content (AvgIpc) is 2.36. The van der Waals surface area contributed by atoms with E-state index in [-0.39, 0.29) is 12.5 Å². The molecule has 0 aromatic carbocycles. The zero-order chi connectivity index (χ0) is 16.3. The minimum Gasteiger partial charge on any atom is -0.481 e. The molecule has 0 aliphatic carbocycles. The van der Waals surface area contributed by atoms with Crippen LogP contribution in [-0.4, -0.2) is 46.5 Å². The second-order valence-corrected chi connectivity index (χ2v) is 6.38. The van der Waals surface area contributed by atoms with E-state index in [9.17, 15) is 19.5 Å². The van der Waals surface area contributed by atoms with Gasteiger partial charge in [0.2, 0.25) is 5.91 Å². The lowest BCUT2D eigenvalue weighted by atomic mass is 9.76. The number of nitrogens with one attached hydrogen (secondary N) is 1. The smallest absolute Gasteiger partial charge is 0.317 e. The predicted octanol–water partition coefficient (Wildman–Crippen LogP) is 0.927. The number of aliphatic carboxylic acids is 1. The molecular weight excluding hydrogens is 274 g/mol. The first-order valence-corrected chi connectivity index (χ1v) is 7.21. The highest BCUT2D eigenvalue weighted by Gasteiger charge is 2.41. The number of nitrogens with two attached hydrogens (primary N) is 1. The lowest BCUT2D eigenvalue weighted by Crippen LogP contribution is -2.55. The molecule has 3 amide bonds. The molecule has 1 aliphatic rings. The van der Waals surface area contributed by atoms with Gasteiger partial charge in [-0.05, 0) is 33.1 Å². The third-order valence-corrected chi connectivity index (χ3v) is 4.20. The minimum absolute atomic E-state index is 0.0562. The fourth-order valence-corrected chi connectivity index (χ4v) is 2.70. The molecule has 7 nitrogen and oxygen atoms in total. The molecule has 0 bridgehead atoms. The van der Waals surface area contributed by atoms with Gasteiger partial charge in [-0.15, -0.1) is 0 Å². The summed E-state index contributed by atoms with van der Waals surface area (Å²) < 4.78 is 0. The summed E-state index contributed by atoms with van der Waals surface area (Å²) in [5.41, 5.74) is 3.71. The molecule has 1 fully saturated rings. The van der Waals surface area contributed by atoms with Crippen LogP contribution in [0.4, 0.5) is 4.79 Å². The molecule has 1 heterocycles. The number of hydrogen-bond donors (Lipinski definition) is 3. The monoisotopic (exact) mass is 299 g/mol. The molecule has 1 aliphatic heterocycles. The van der Waals surface area contributed by atoms with E-state index in [1.807, 2.05) is 6.92 Å². The maximum atomic E-state index is 12.2. The first kappa shape index (κ1) is 17.3. The number of piperidine rings is 1. The Morgan fingerprint density at radius 1 is 1.29 bits per heavy atom. The maximum absolute atomic E-state index is 12.2. The Morgan fingerprint density at radius 3 is 2.19 bits per heavy atom. The van der Waals surface area contributed by atoms with Crippen molar-refractivity contribution in [2.24, 2.45) is 11.1 Å². The van der Waals surface area contributed by atoms with Gasteiger partial charge in [-0.2, -0.15) is 0 Å². The van der Waals surface area contributed by atoms with Gasteiger partial charge in [0.15, 0.2) is 0 Å². The van der Waals surface area contributed by atoms with Gasteiger partial charge in [-0.1, -0.05) is 6.92 Å². The molecule has 120 valence electrons. The Labute approximate surface area is 124 Å². The summed E-state index contributed by atoms with van der Waals surface area (Å²) in [6.07, 6.45) is 1.51. The third kappa shape index (κ3) is 4.34. The van der Waals surface area contributed by atoms with E-state index in [4.69, 9.17) is 5.73 Å². The number of hydrogen-bond acceptors (Lipinski definition) is 3. The van der Waals surface area contributed by atoms with Crippen molar-refractivity contribution >= 4 is 17.9 Å². The molecule has 0 aromatic heterocycles. The van der Waals surface area contributed by atoms with Crippen LogP contribution in [0.15, 0.2) is 0 Å². The Kier molecular flexibility index (Phi) is 5.20. The largest absolute Gasteiger partial charge is 0.481 e. The van der Waals surface area contributed by atoms with Crippen LogP contribution in [0.3, 0.4) is 0 Å². The number of carboxylic acids is 1. The topological polar surface area (TPSA) is 113 Å². The summed E-state index contributed by atoms with van der Waals surface area (Å²) in [5, 5.41) is 12.1. The second-order valence-electron chi connectivity index (χ2n) is 6.38. The van der Waals surface area contributed by atoms with Crippen molar-refractivity contribution in [3.63, 3.8) is 0 Å². The summed E-state index contributed by atoms with van der Waals surface area (Å²) in [6.45, 7) is 6.12. The number of amides is 3. The van der Waals surface area contributed by atoms with Crippen molar-refractivity contribution < 1.29 is 19.5 Å². The van der Waals surface area contributed by atoms with Gasteiger partial charge in [0.25, 0.3) is 0 Å². The number of carboxylic acid groups (broad SMARTS) is 1. The van der Waals surface area contributed by atoms with Crippen LogP contribution in [0, 0.1) is 5.41 Å². The van der Waals surface area contributed by atoms with Gasteiger partial charge in [0.1, 0.15) is 0 Å². The highest BCUT2D eigenvalue weighted by atomic mass is 16.4. The number of nitrogens with zero attached hydrogens (tertiary/aromatic N) is 1. The summed E-state index contributed by atoms with van der Waals surface area (Å²) in [4.78, 5) is 36.1. The van der Waals surface area contributed by atoms with E-state index >= 15 is 0 Å². The molecule has 0 radical (unpaired) electrons. The Morgan fingerprint density at radius 2 is 1.81 bits per heavy atom. The van der Waals surface area contributed by atoms with Gasteiger partial charge in [0, 0.05) is 25.0 Å². The van der Waals surface area contributed by atoms with Crippen molar-refractivity contribution in [2.45, 2.75) is 52.0 Å². The average molecular weight is 299 g/mol. The first-order valence-electron chi connectivity index (χ1n) is 7.21. The fourth-order valence-electron chi connectivity index (χ4n) is 2.70. The van der Waals surface area contributed by atoms with E-state index in [1.165, 1.54) is 0 Å². The number of carbonyl (C=O) groups is 3. The summed E-state index contributed by atoms with van der Waals surface area (Å²) in [6, 6.07) is -0.281. The van der Waals surface area contributed by atoms with Gasteiger partial charge in [-0.3, -0.25) is 9.59 Å². The minimum atomic E-state index is -0.792. The first-order chi connectivity index (χ1) is 9.62. The summed E-state index contributed by atoms with van der Waals surface area (Å²) >= 11 is 0. The molecule has 0 atom stereocenters. The van der Waals surface area contributed by atoms with Crippen LogP contribution in [0.25, 0.3) is 0 Å². The SMILES string of the molecule is CCC1(C(=O)O)CCN(C(=O)NC(C)(C)CC(N)=O)CC1. The maximum Gasteiger partial charge on any atom is 0.317 e. The third-order valence-electron chi connectivity index (χ3n) is 4.20. The van der Waals surface area contributed by atoms with E-state index in [0.29, 0.717) is 32.4 Å². The highest BCUT2D eigenvalue weighted by molar-refractivity contribution is 5.79. The van der Waals surface area contributed by atoms with Gasteiger partial charge in [0.05, 0.1) is 5.41 Å². The van der Waals surface area contributed by atoms with Crippen molar-refractivity contribution in [1.82, 2.24) is 10.2 Å². The molecule has 0 spiro atoms. The lowest BCUT2D eigenvalue weighted by Gasteiger charge is -2.39. The highest BCUT2D eigenvalue weighted by Crippen LogP contribution is 2.35. The number of urea groups is 1. The van der Waals surface area contributed by atoms with E-state index in [1.54, 1.807) is 18.7 Å². The number of primary amides is 1. The van der Waals surface area contributed by atoms with E-state index in [0.717, 1.165) is 0 Å².